The van der Waals surface area contributed by atoms with Gasteiger partial charge in [0.1, 0.15) is 0 Å². The van der Waals surface area contributed by atoms with Crippen molar-refractivity contribution in [3.8, 4) is 0 Å². The summed E-state index contributed by atoms with van der Waals surface area (Å²) in [4.78, 5) is 20.9. The summed E-state index contributed by atoms with van der Waals surface area (Å²) in [5.41, 5.74) is 3.00. The monoisotopic (exact) mass is 335 g/mol. The van der Waals surface area contributed by atoms with E-state index in [0.29, 0.717) is 5.16 Å². The van der Waals surface area contributed by atoms with Crippen molar-refractivity contribution in [2.24, 2.45) is 0 Å². The summed E-state index contributed by atoms with van der Waals surface area (Å²) in [6, 6.07) is 5.86. The summed E-state index contributed by atoms with van der Waals surface area (Å²) >= 11 is 7.59. The van der Waals surface area contributed by atoms with Crippen molar-refractivity contribution in [1.82, 2.24) is 9.97 Å². The van der Waals surface area contributed by atoms with Crippen LogP contribution in [0.5, 0.6) is 0 Å². The molecule has 1 amide bonds. The molecule has 4 nitrogen and oxygen atoms in total. The molecule has 0 aliphatic heterocycles. The summed E-state index contributed by atoms with van der Waals surface area (Å²) in [6.45, 7) is 5.98. The third-order valence-electron chi connectivity index (χ3n) is 3.09. The van der Waals surface area contributed by atoms with Crippen molar-refractivity contribution in [2.75, 3.05) is 11.1 Å². The first-order valence-corrected chi connectivity index (χ1v) is 8.42. The van der Waals surface area contributed by atoms with Crippen LogP contribution in [0.2, 0.25) is 5.02 Å². The standard InChI is InChI=1S/C16H18ClN3OS/c1-4-8-22-16-18-9-12(17)14(20-16)15(21)19-13-10(2)6-5-7-11(13)3/h5-7,9H,4,8H2,1-3H3,(H,19,21). The number of hydrogen-bond acceptors (Lipinski definition) is 4. The Labute approximate surface area is 139 Å². The van der Waals surface area contributed by atoms with Crippen molar-refractivity contribution < 1.29 is 4.79 Å². The van der Waals surface area contributed by atoms with Gasteiger partial charge in [-0.05, 0) is 31.4 Å². The molecule has 1 heterocycles. The fourth-order valence-electron chi connectivity index (χ4n) is 1.96. The van der Waals surface area contributed by atoms with Gasteiger partial charge in [0.2, 0.25) is 0 Å². The van der Waals surface area contributed by atoms with Gasteiger partial charge in [0.05, 0.1) is 11.2 Å². The number of anilines is 1. The number of aryl methyl sites for hydroxylation is 2. The molecular formula is C16H18ClN3OS. The van der Waals surface area contributed by atoms with Gasteiger partial charge in [-0.3, -0.25) is 4.79 Å². The van der Waals surface area contributed by atoms with E-state index in [4.69, 9.17) is 11.6 Å². The van der Waals surface area contributed by atoms with Crippen molar-refractivity contribution in [3.63, 3.8) is 0 Å². The first-order chi connectivity index (χ1) is 10.5. The zero-order valence-electron chi connectivity index (χ0n) is 12.8. The van der Waals surface area contributed by atoms with Gasteiger partial charge in [0.25, 0.3) is 5.91 Å². The minimum absolute atomic E-state index is 0.206. The highest BCUT2D eigenvalue weighted by molar-refractivity contribution is 7.99. The van der Waals surface area contributed by atoms with E-state index in [1.807, 2.05) is 32.0 Å². The molecule has 0 radical (unpaired) electrons. The Morgan fingerprint density at radius 1 is 1.32 bits per heavy atom. The number of amides is 1. The SMILES string of the molecule is CCCSc1ncc(Cl)c(C(=O)Nc2c(C)cccc2C)n1. The number of halogens is 1. The largest absolute Gasteiger partial charge is 0.320 e. The molecule has 0 unspecified atom stereocenters. The average Bonchev–Trinajstić information content (AvgIpc) is 2.50. The van der Waals surface area contributed by atoms with Gasteiger partial charge in [-0.25, -0.2) is 9.97 Å². The highest BCUT2D eigenvalue weighted by Gasteiger charge is 2.16. The van der Waals surface area contributed by atoms with Crippen LogP contribution in [0.4, 0.5) is 5.69 Å². The normalized spacial score (nSPS) is 10.5. The van der Waals surface area contributed by atoms with Crippen molar-refractivity contribution in [1.29, 1.82) is 0 Å². The Morgan fingerprint density at radius 3 is 2.64 bits per heavy atom. The lowest BCUT2D eigenvalue weighted by molar-refractivity contribution is 0.102. The summed E-state index contributed by atoms with van der Waals surface area (Å²) in [5, 5.41) is 3.72. The fourth-order valence-corrected chi connectivity index (χ4v) is 2.80. The second-order valence-electron chi connectivity index (χ2n) is 4.92. The summed E-state index contributed by atoms with van der Waals surface area (Å²) < 4.78 is 0. The minimum atomic E-state index is -0.317. The Morgan fingerprint density at radius 2 is 2.00 bits per heavy atom. The van der Waals surface area contributed by atoms with E-state index in [0.717, 1.165) is 29.0 Å². The predicted octanol–water partition coefficient (Wildman–Crippen LogP) is 4.50. The van der Waals surface area contributed by atoms with Crippen LogP contribution in [0.1, 0.15) is 35.0 Å². The van der Waals surface area contributed by atoms with E-state index >= 15 is 0 Å². The van der Waals surface area contributed by atoms with E-state index in [2.05, 4.69) is 22.2 Å². The van der Waals surface area contributed by atoms with Crippen LogP contribution in [-0.2, 0) is 0 Å². The van der Waals surface area contributed by atoms with Gasteiger partial charge < -0.3 is 5.32 Å². The van der Waals surface area contributed by atoms with Gasteiger partial charge in [0.15, 0.2) is 10.9 Å². The number of nitrogens with one attached hydrogen (secondary N) is 1. The van der Waals surface area contributed by atoms with E-state index in [9.17, 15) is 4.79 Å². The molecule has 1 N–H and O–H groups in total. The molecular weight excluding hydrogens is 318 g/mol. The molecule has 0 fully saturated rings. The van der Waals surface area contributed by atoms with Gasteiger partial charge in [0, 0.05) is 11.4 Å². The van der Waals surface area contributed by atoms with Crippen LogP contribution in [0.25, 0.3) is 0 Å². The molecule has 0 saturated heterocycles. The number of rotatable bonds is 5. The van der Waals surface area contributed by atoms with Crippen LogP contribution in [-0.4, -0.2) is 21.6 Å². The highest BCUT2D eigenvalue weighted by atomic mass is 35.5. The topological polar surface area (TPSA) is 54.9 Å². The van der Waals surface area contributed by atoms with E-state index < -0.39 is 0 Å². The number of carbonyl (C=O) groups excluding carboxylic acids is 1. The van der Waals surface area contributed by atoms with Crippen LogP contribution >= 0.6 is 23.4 Å². The van der Waals surface area contributed by atoms with Gasteiger partial charge in [-0.15, -0.1) is 0 Å². The predicted molar refractivity (Wildman–Crippen MR) is 91.9 cm³/mol. The van der Waals surface area contributed by atoms with E-state index in [1.165, 1.54) is 18.0 Å². The summed E-state index contributed by atoms with van der Waals surface area (Å²) in [6.07, 6.45) is 2.49. The van der Waals surface area contributed by atoms with Crippen molar-refractivity contribution in [2.45, 2.75) is 32.3 Å². The van der Waals surface area contributed by atoms with E-state index in [-0.39, 0.29) is 16.6 Å². The van der Waals surface area contributed by atoms with Crippen LogP contribution in [0, 0.1) is 13.8 Å². The molecule has 1 aromatic carbocycles. The quantitative estimate of drug-likeness (QED) is 0.645. The number of carbonyl (C=O) groups is 1. The van der Waals surface area contributed by atoms with Crippen LogP contribution in [0.15, 0.2) is 29.6 Å². The number of hydrogen-bond donors (Lipinski definition) is 1. The molecule has 0 atom stereocenters. The van der Waals surface area contributed by atoms with Crippen LogP contribution < -0.4 is 5.32 Å². The first kappa shape index (κ1) is 16.8. The number of aromatic nitrogens is 2. The maximum absolute atomic E-state index is 12.5. The van der Waals surface area contributed by atoms with Crippen molar-refractivity contribution in [3.05, 3.63) is 46.2 Å². The lowest BCUT2D eigenvalue weighted by Gasteiger charge is -2.12. The lowest BCUT2D eigenvalue weighted by Crippen LogP contribution is -2.16. The molecule has 116 valence electrons. The third kappa shape index (κ3) is 3.99. The Kier molecular flexibility index (Phi) is 5.80. The number of benzene rings is 1. The van der Waals surface area contributed by atoms with Crippen molar-refractivity contribution >= 4 is 35.0 Å². The summed E-state index contributed by atoms with van der Waals surface area (Å²) in [7, 11) is 0. The van der Waals surface area contributed by atoms with E-state index in [1.54, 1.807) is 0 Å². The second kappa shape index (κ2) is 7.61. The first-order valence-electron chi connectivity index (χ1n) is 7.05. The molecule has 0 saturated carbocycles. The van der Waals surface area contributed by atoms with Crippen LogP contribution in [0.3, 0.4) is 0 Å². The molecule has 0 aliphatic rings. The maximum atomic E-state index is 12.5. The lowest BCUT2D eigenvalue weighted by atomic mass is 10.1. The smallest absolute Gasteiger partial charge is 0.275 e. The molecule has 2 aromatic rings. The van der Waals surface area contributed by atoms with Gasteiger partial charge in [-0.1, -0.05) is 48.5 Å². The zero-order valence-corrected chi connectivity index (χ0v) is 14.4. The minimum Gasteiger partial charge on any atom is -0.320 e. The van der Waals surface area contributed by atoms with Gasteiger partial charge in [-0.2, -0.15) is 0 Å². The maximum Gasteiger partial charge on any atom is 0.275 e. The Balaban J connectivity index is 2.25. The molecule has 2 rings (SSSR count). The number of thioether (sulfide) groups is 1. The Hall–Kier alpha value is -1.59. The molecule has 22 heavy (non-hydrogen) atoms. The molecule has 1 aromatic heterocycles. The second-order valence-corrected chi connectivity index (χ2v) is 6.39. The summed E-state index contributed by atoms with van der Waals surface area (Å²) in [5.74, 6) is 0.586. The highest BCUT2D eigenvalue weighted by Crippen LogP contribution is 2.23. The van der Waals surface area contributed by atoms with Gasteiger partial charge >= 0.3 is 0 Å². The molecule has 0 spiro atoms. The molecule has 6 heteroatoms. The Bertz CT molecular complexity index is 671. The zero-order chi connectivity index (χ0) is 16.1. The third-order valence-corrected chi connectivity index (χ3v) is 4.44. The number of para-hydroxylation sites is 1. The fraction of sp³-hybridized carbons (Fsp3) is 0.312. The number of nitrogens with zero attached hydrogens (tertiary/aromatic N) is 2. The average molecular weight is 336 g/mol. The molecule has 0 bridgehead atoms. The molecule has 0 aliphatic carbocycles.